The first kappa shape index (κ1) is 29.1. The van der Waals surface area contributed by atoms with E-state index in [2.05, 4.69) is 10.6 Å². The van der Waals surface area contributed by atoms with Crippen LogP contribution in [0.25, 0.3) is 0 Å². The highest BCUT2D eigenvalue weighted by Crippen LogP contribution is 2.42. The number of halogens is 4. The molecule has 3 aromatic carbocycles. The highest BCUT2D eigenvalue weighted by atomic mass is 35.5. The summed E-state index contributed by atoms with van der Waals surface area (Å²) >= 11 is 25.5. The van der Waals surface area contributed by atoms with Crippen LogP contribution in [-0.2, 0) is 11.2 Å². The maximum atomic E-state index is 12.9. The van der Waals surface area contributed by atoms with Crippen LogP contribution in [0.2, 0.25) is 20.1 Å². The minimum absolute atomic E-state index is 0.126. The molecule has 0 fully saturated rings. The molecular formula is C26H22Cl4N2O4S. The van der Waals surface area contributed by atoms with Gasteiger partial charge in [-0.15, -0.1) is 11.8 Å². The maximum Gasteiger partial charge on any atom is 0.338 e. The Labute approximate surface area is 238 Å². The minimum atomic E-state index is -1.48. The standard InChI is InChI=1S/C26H22Cl4N2O4S/c1-4-14-7-5-6-12(2)23(14)32-24(33)13(3)37-16-10-8-15(9-11-16)31-25(34)17-18(26(35)36)20(28)22(30)21(29)19(17)27/h5-11,13H,4H2,1-3H3,(H,31,34)(H,32,33)(H,35,36). The number of rotatable bonds is 8. The number of benzene rings is 3. The molecule has 3 rings (SSSR count). The third kappa shape index (κ3) is 6.54. The maximum absolute atomic E-state index is 12.9. The van der Waals surface area contributed by atoms with Crippen molar-refractivity contribution in [1.29, 1.82) is 0 Å². The van der Waals surface area contributed by atoms with Crippen LogP contribution in [0.1, 0.15) is 45.7 Å². The molecule has 3 aromatic rings. The average molecular weight is 600 g/mol. The number of carbonyl (C=O) groups excluding carboxylic acids is 2. The fraction of sp³-hybridized carbons (Fsp3) is 0.192. The molecule has 0 aromatic heterocycles. The summed E-state index contributed by atoms with van der Waals surface area (Å²) in [5, 5.41) is 13.6. The van der Waals surface area contributed by atoms with Gasteiger partial charge in [-0.2, -0.15) is 0 Å². The van der Waals surface area contributed by atoms with E-state index in [9.17, 15) is 19.5 Å². The molecule has 1 unspecified atom stereocenters. The van der Waals surface area contributed by atoms with Crippen LogP contribution >= 0.6 is 58.2 Å². The van der Waals surface area contributed by atoms with Crippen molar-refractivity contribution >= 4 is 87.3 Å². The first-order valence-corrected chi connectivity index (χ1v) is 13.4. The van der Waals surface area contributed by atoms with E-state index in [-0.39, 0.29) is 31.2 Å². The van der Waals surface area contributed by atoms with Gasteiger partial charge in [-0.1, -0.05) is 71.5 Å². The number of hydrogen-bond donors (Lipinski definition) is 3. The van der Waals surface area contributed by atoms with E-state index < -0.39 is 23.0 Å². The van der Waals surface area contributed by atoms with Gasteiger partial charge in [-0.05, 0) is 55.7 Å². The summed E-state index contributed by atoms with van der Waals surface area (Å²) in [6, 6.07) is 12.6. The van der Waals surface area contributed by atoms with E-state index in [4.69, 9.17) is 46.4 Å². The molecule has 0 aliphatic rings. The van der Waals surface area contributed by atoms with Gasteiger partial charge < -0.3 is 15.7 Å². The summed E-state index contributed by atoms with van der Waals surface area (Å²) in [6.07, 6.45) is 0.805. The number of anilines is 2. The zero-order valence-corrected chi connectivity index (χ0v) is 23.8. The summed E-state index contributed by atoms with van der Waals surface area (Å²) in [4.78, 5) is 38.2. The van der Waals surface area contributed by atoms with Crippen LogP contribution < -0.4 is 10.6 Å². The molecule has 37 heavy (non-hydrogen) atoms. The molecule has 11 heteroatoms. The predicted octanol–water partition coefficient (Wildman–Crippen LogP) is 8.24. The normalized spacial score (nSPS) is 11.6. The fourth-order valence-corrected chi connectivity index (χ4v) is 5.43. The Bertz CT molecular complexity index is 1380. The van der Waals surface area contributed by atoms with E-state index in [1.165, 1.54) is 11.8 Å². The third-order valence-electron chi connectivity index (χ3n) is 5.49. The lowest BCUT2D eigenvalue weighted by Crippen LogP contribution is -2.23. The molecule has 0 saturated carbocycles. The van der Waals surface area contributed by atoms with Gasteiger partial charge in [0.25, 0.3) is 5.91 Å². The number of carbonyl (C=O) groups is 3. The Morgan fingerprint density at radius 3 is 2.05 bits per heavy atom. The summed E-state index contributed by atoms with van der Waals surface area (Å²) in [6.45, 7) is 5.80. The lowest BCUT2D eigenvalue weighted by Gasteiger charge is -2.16. The van der Waals surface area contributed by atoms with Crippen molar-refractivity contribution in [2.75, 3.05) is 10.6 Å². The number of nitrogens with one attached hydrogen (secondary N) is 2. The zero-order valence-electron chi connectivity index (χ0n) is 19.9. The van der Waals surface area contributed by atoms with Gasteiger partial charge in [0.15, 0.2) is 0 Å². The van der Waals surface area contributed by atoms with Crippen LogP contribution in [0.3, 0.4) is 0 Å². The number of amides is 2. The number of aryl methyl sites for hydroxylation is 2. The molecule has 1 atom stereocenters. The van der Waals surface area contributed by atoms with Crippen LogP contribution in [0.15, 0.2) is 47.4 Å². The van der Waals surface area contributed by atoms with E-state index >= 15 is 0 Å². The summed E-state index contributed by atoms with van der Waals surface area (Å²) in [5.41, 5.74) is 2.32. The molecule has 0 radical (unpaired) electrons. The molecule has 194 valence electrons. The van der Waals surface area contributed by atoms with Gasteiger partial charge in [-0.25, -0.2) is 4.79 Å². The Hall–Kier alpha value is -2.42. The van der Waals surface area contributed by atoms with E-state index in [0.29, 0.717) is 5.69 Å². The average Bonchev–Trinajstić information content (AvgIpc) is 2.86. The van der Waals surface area contributed by atoms with Crippen LogP contribution in [0.4, 0.5) is 11.4 Å². The van der Waals surface area contributed by atoms with Crippen molar-refractivity contribution in [3.8, 4) is 0 Å². The summed E-state index contributed by atoms with van der Waals surface area (Å²) in [5.74, 6) is -2.42. The van der Waals surface area contributed by atoms with Gasteiger partial charge in [-0.3, -0.25) is 9.59 Å². The highest BCUT2D eigenvalue weighted by molar-refractivity contribution is 8.00. The second-order valence-corrected chi connectivity index (χ2v) is 10.9. The third-order valence-corrected chi connectivity index (χ3v) is 8.40. The number of aromatic carboxylic acids is 1. The molecule has 0 bridgehead atoms. The number of para-hydroxylation sites is 1. The molecule has 6 nitrogen and oxygen atoms in total. The first-order chi connectivity index (χ1) is 17.5. The largest absolute Gasteiger partial charge is 0.478 e. The fourth-order valence-electron chi connectivity index (χ4n) is 3.54. The Morgan fingerprint density at radius 1 is 0.892 bits per heavy atom. The lowest BCUT2D eigenvalue weighted by molar-refractivity contribution is -0.115. The number of carboxylic acid groups (broad SMARTS) is 1. The minimum Gasteiger partial charge on any atom is -0.478 e. The van der Waals surface area contributed by atoms with Gasteiger partial charge in [0.05, 0.1) is 36.5 Å². The van der Waals surface area contributed by atoms with Crippen molar-refractivity contribution in [1.82, 2.24) is 0 Å². The van der Waals surface area contributed by atoms with Crippen LogP contribution in [-0.4, -0.2) is 28.1 Å². The molecule has 3 N–H and O–H groups in total. The summed E-state index contributed by atoms with van der Waals surface area (Å²) in [7, 11) is 0. The van der Waals surface area contributed by atoms with Crippen molar-refractivity contribution < 1.29 is 19.5 Å². The molecule has 0 spiro atoms. The van der Waals surface area contributed by atoms with Crippen molar-refractivity contribution in [2.24, 2.45) is 0 Å². The first-order valence-electron chi connectivity index (χ1n) is 11.0. The number of carboxylic acids is 1. The van der Waals surface area contributed by atoms with Crippen molar-refractivity contribution in [3.05, 3.63) is 84.8 Å². The Balaban J connectivity index is 1.73. The zero-order chi connectivity index (χ0) is 27.4. The summed E-state index contributed by atoms with van der Waals surface area (Å²) < 4.78 is 0. The highest BCUT2D eigenvalue weighted by Gasteiger charge is 2.29. The second kappa shape index (κ2) is 12.4. The monoisotopic (exact) mass is 598 g/mol. The van der Waals surface area contributed by atoms with Gasteiger partial charge in [0.2, 0.25) is 5.91 Å². The second-order valence-electron chi connectivity index (χ2n) is 8.00. The predicted molar refractivity (Wildman–Crippen MR) is 152 cm³/mol. The van der Waals surface area contributed by atoms with E-state index in [0.717, 1.165) is 28.1 Å². The Kier molecular flexibility index (Phi) is 9.78. The molecule has 0 saturated heterocycles. The lowest BCUT2D eigenvalue weighted by atomic mass is 10.1. The quantitative estimate of drug-likeness (QED) is 0.138. The van der Waals surface area contributed by atoms with Crippen LogP contribution in [0, 0.1) is 6.92 Å². The van der Waals surface area contributed by atoms with E-state index in [1.54, 1.807) is 24.3 Å². The van der Waals surface area contributed by atoms with Gasteiger partial charge in [0.1, 0.15) is 0 Å². The molecule has 0 aliphatic heterocycles. The van der Waals surface area contributed by atoms with Crippen molar-refractivity contribution in [3.63, 3.8) is 0 Å². The number of hydrogen-bond acceptors (Lipinski definition) is 4. The molecule has 0 aliphatic carbocycles. The van der Waals surface area contributed by atoms with Crippen molar-refractivity contribution in [2.45, 2.75) is 37.3 Å². The Morgan fingerprint density at radius 2 is 1.49 bits per heavy atom. The SMILES string of the molecule is CCc1cccc(C)c1NC(=O)C(C)Sc1ccc(NC(=O)c2c(Cl)c(Cl)c(Cl)c(Cl)c2C(=O)O)cc1. The molecule has 0 heterocycles. The molecular weight excluding hydrogens is 578 g/mol. The van der Waals surface area contributed by atoms with Crippen LogP contribution in [0.5, 0.6) is 0 Å². The number of thioether (sulfide) groups is 1. The topological polar surface area (TPSA) is 95.5 Å². The smallest absolute Gasteiger partial charge is 0.338 e. The molecule has 2 amide bonds. The van der Waals surface area contributed by atoms with Gasteiger partial charge in [0, 0.05) is 16.3 Å². The van der Waals surface area contributed by atoms with E-state index in [1.807, 2.05) is 39.0 Å². The van der Waals surface area contributed by atoms with Gasteiger partial charge >= 0.3 is 5.97 Å².